The van der Waals surface area contributed by atoms with Crippen molar-refractivity contribution in [3.05, 3.63) is 95.1 Å². The van der Waals surface area contributed by atoms with E-state index in [1.54, 1.807) is 36.4 Å². The highest BCUT2D eigenvalue weighted by atomic mass is 16.5. The molecule has 0 aliphatic carbocycles. The fourth-order valence-corrected chi connectivity index (χ4v) is 4.89. The molecule has 45 heavy (non-hydrogen) atoms. The summed E-state index contributed by atoms with van der Waals surface area (Å²) in [7, 11) is 0. The lowest BCUT2D eigenvalue weighted by molar-refractivity contribution is 0.0319. The van der Waals surface area contributed by atoms with Crippen LogP contribution in [0, 0.1) is 11.8 Å². The Morgan fingerprint density at radius 2 is 1.04 bits per heavy atom. The minimum absolute atomic E-state index is 0.0922. The quantitative estimate of drug-likeness (QED) is 0.0585. The molecule has 0 radical (unpaired) electrons. The topological polar surface area (TPSA) is 61.8 Å². The van der Waals surface area contributed by atoms with Crippen molar-refractivity contribution in [1.29, 1.82) is 0 Å². The Morgan fingerprint density at radius 3 is 1.64 bits per heavy atom. The highest BCUT2D eigenvalue weighted by molar-refractivity contribution is 5.91. The first-order valence-corrected chi connectivity index (χ1v) is 16.9. The molecule has 240 valence electrons. The number of benzene rings is 3. The van der Waals surface area contributed by atoms with Crippen LogP contribution in [0.1, 0.15) is 136 Å². The maximum absolute atomic E-state index is 12.6. The molecule has 5 heteroatoms. The molecule has 0 saturated carbocycles. The normalized spacial score (nSPS) is 11.3. The van der Waals surface area contributed by atoms with E-state index in [0.717, 1.165) is 36.1 Å². The van der Waals surface area contributed by atoms with Crippen molar-refractivity contribution in [2.24, 2.45) is 0 Å². The van der Waals surface area contributed by atoms with E-state index in [0.29, 0.717) is 23.5 Å². The van der Waals surface area contributed by atoms with Gasteiger partial charge in [0.25, 0.3) is 0 Å². The second-order valence-electron chi connectivity index (χ2n) is 11.7. The molecule has 0 saturated heterocycles. The molecule has 0 amide bonds. The van der Waals surface area contributed by atoms with E-state index in [1.165, 1.54) is 64.2 Å². The summed E-state index contributed by atoms with van der Waals surface area (Å²) in [5, 5.41) is 0. The molecular weight excluding hydrogens is 560 g/mol. The molecule has 0 N–H and O–H groups in total. The van der Waals surface area contributed by atoms with Crippen molar-refractivity contribution in [1.82, 2.24) is 0 Å². The van der Waals surface area contributed by atoms with E-state index >= 15 is 0 Å². The number of carbonyl (C=O) groups excluding carboxylic acids is 2. The number of unbranched alkanes of at least 4 members (excludes halogenated alkanes) is 10. The third-order valence-electron chi connectivity index (χ3n) is 7.67. The SMILES string of the molecule is CCCCCCCCCCOc1ccc(C(=O)Oc2ccc(C#Cc3ccc(C(=O)O[C@H](C)CCCCCC)cc3)cc2)cc1. The van der Waals surface area contributed by atoms with Crippen LogP contribution in [0.25, 0.3) is 0 Å². The number of esters is 2. The third kappa shape index (κ3) is 14.1. The van der Waals surface area contributed by atoms with Crippen LogP contribution in [-0.4, -0.2) is 24.6 Å². The Balaban J connectivity index is 1.39. The van der Waals surface area contributed by atoms with Crippen LogP contribution in [0.15, 0.2) is 72.8 Å². The fourth-order valence-electron chi connectivity index (χ4n) is 4.89. The largest absolute Gasteiger partial charge is 0.494 e. The van der Waals surface area contributed by atoms with Crippen molar-refractivity contribution in [2.75, 3.05) is 6.61 Å². The minimum atomic E-state index is -0.423. The first-order chi connectivity index (χ1) is 22.0. The second kappa shape index (κ2) is 20.8. The summed E-state index contributed by atoms with van der Waals surface area (Å²) in [6.45, 7) is 7.06. The number of hydrogen-bond acceptors (Lipinski definition) is 5. The van der Waals surface area contributed by atoms with Crippen LogP contribution >= 0.6 is 0 Å². The number of carbonyl (C=O) groups is 2. The average Bonchev–Trinajstić information content (AvgIpc) is 3.06. The molecule has 3 rings (SSSR count). The molecule has 3 aromatic carbocycles. The van der Waals surface area contributed by atoms with Gasteiger partial charge in [0.1, 0.15) is 11.5 Å². The Kier molecular flexibility index (Phi) is 16.4. The molecule has 0 bridgehead atoms. The van der Waals surface area contributed by atoms with Gasteiger partial charge in [0.05, 0.1) is 23.8 Å². The zero-order valence-electron chi connectivity index (χ0n) is 27.4. The third-order valence-corrected chi connectivity index (χ3v) is 7.67. The van der Waals surface area contributed by atoms with Gasteiger partial charge in [-0.15, -0.1) is 0 Å². The monoisotopic (exact) mass is 610 g/mol. The number of hydrogen-bond donors (Lipinski definition) is 0. The summed E-state index contributed by atoms with van der Waals surface area (Å²) in [6, 6.07) is 21.3. The standard InChI is InChI=1S/C40H50O5/c1-4-6-8-10-11-12-13-15-31-43-37-29-25-36(26-30-37)40(42)45-38-27-21-34(22-28-38)18-17-33-19-23-35(24-20-33)39(41)44-32(3)16-14-9-7-5-2/h19-30,32H,4-16,31H2,1-3H3/t32-/m1/s1. The van der Waals surface area contributed by atoms with Crippen LogP contribution in [0.4, 0.5) is 0 Å². The van der Waals surface area contributed by atoms with Gasteiger partial charge in [-0.25, -0.2) is 9.59 Å². The lowest BCUT2D eigenvalue weighted by atomic mass is 10.1. The number of rotatable bonds is 19. The van der Waals surface area contributed by atoms with Crippen LogP contribution in [0.5, 0.6) is 11.5 Å². The van der Waals surface area contributed by atoms with Crippen LogP contribution in [0.3, 0.4) is 0 Å². The Bertz CT molecular complexity index is 1330. The van der Waals surface area contributed by atoms with E-state index in [-0.39, 0.29) is 12.1 Å². The van der Waals surface area contributed by atoms with E-state index in [1.807, 2.05) is 43.3 Å². The smallest absolute Gasteiger partial charge is 0.343 e. The summed E-state index contributed by atoms with van der Waals surface area (Å²) in [6.07, 6.45) is 15.5. The fraction of sp³-hybridized carbons (Fsp3) is 0.450. The van der Waals surface area contributed by atoms with Gasteiger partial charge in [0.15, 0.2) is 0 Å². The number of ether oxygens (including phenoxy) is 3. The molecular formula is C40H50O5. The zero-order chi connectivity index (χ0) is 32.1. The average molecular weight is 611 g/mol. The van der Waals surface area contributed by atoms with Gasteiger partial charge < -0.3 is 14.2 Å². The lowest BCUT2D eigenvalue weighted by Crippen LogP contribution is -2.15. The van der Waals surface area contributed by atoms with Crippen molar-refractivity contribution in [3.8, 4) is 23.3 Å². The molecule has 0 fully saturated rings. The highest BCUT2D eigenvalue weighted by Gasteiger charge is 2.12. The van der Waals surface area contributed by atoms with E-state index in [4.69, 9.17) is 14.2 Å². The van der Waals surface area contributed by atoms with Crippen LogP contribution < -0.4 is 9.47 Å². The molecule has 0 aliphatic rings. The van der Waals surface area contributed by atoms with Gasteiger partial charge in [0, 0.05) is 11.1 Å². The molecule has 3 aromatic rings. The van der Waals surface area contributed by atoms with E-state index in [2.05, 4.69) is 25.7 Å². The summed E-state index contributed by atoms with van der Waals surface area (Å²) < 4.78 is 17.0. The summed E-state index contributed by atoms with van der Waals surface area (Å²) >= 11 is 0. The van der Waals surface area contributed by atoms with E-state index < -0.39 is 5.97 Å². The van der Waals surface area contributed by atoms with Gasteiger partial charge in [-0.2, -0.15) is 0 Å². The predicted octanol–water partition coefficient (Wildman–Crippen LogP) is 10.3. The highest BCUT2D eigenvalue weighted by Crippen LogP contribution is 2.18. The van der Waals surface area contributed by atoms with Gasteiger partial charge >= 0.3 is 11.9 Å². The van der Waals surface area contributed by atoms with Gasteiger partial charge in [-0.3, -0.25) is 0 Å². The molecule has 0 heterocycles. The van der Waals surface area contributed by atoms with Gasteiger partial charge in [-0.1, -0.05) is 89.9 Å². The Morgan fingerprint density at radius 1 is 0.578 bits per heavy atom. The van der Waals surface area contributed by atoms with Crippen molar-refractivity contribution in [2.45, 2.75) is 110 Å². The molecule has 0 spiro atoms. The van der Waals surface area contributed by atoms with E-state index in [9.17, 15) is 9.59 Å². The predicted molar refractivity (Wildman–Crippen MR) is 182 cm³/mol. The molecule has 0 aliphatic heterocycles. The summed E-state index contributed by atoms with van der Waals surface area (Å²) in [5.74, 6) is 6.70. The molecule has 0 aromatic heterocycles. The second-order valence-corrected chi connectivity index (χ2v) is 11.7. The van der Waals surface area contributed by atoms with Crippen molar-refractivity contribution < 1.29 is 23.8 Å². The zero-order valence-corrected chi connectivity index (χ0v) is 27.4. The van der Waals surface area contributed by atoms with Gasteiger partial charge in [-0.05, 0) is 99.0 Å². The minimum Gasteiger partial charge on any atom is -0.494 e. The maximum atomic E-state index is 12.6. The summed E-state index contributed by atoms with van der Waals surface area (Å²) in [5.41, 5.74) is 2.56. The molecule has 1 atom stereocenters. The van der Waals surface area contributed by atoms with Crippen LogP contribution in [-0.2, 0) is 4.74 Å². The van der Waals surface area contributed by atoms with Crippen molar-refractivity contribution in [3.63, 3.8) is 0 Å². The molecule has 0 unspecified atom stereocenters. The Hall–Kier alpha value is -4.04. The van der Waals surface area contributed by atoms with Crippen molar-refractivity contribution >= 4 is 11.9 Å². The first kappa shape index (κ1) is 35.4. The van der Waals surface area contributed by atoms with Gasteiger partial charge in [0.2, 0.25) is 0 Å². The Labute approximate surface area is 270 Å². The maximum Gasteiger partial charge on any atom is 0.343 e. The summed E-state index contributed by atoms with van der Waals surface area (Å²) in [4.78, 5) is 25.1. The lowest BCUT2D eigenvalue weighted by Gasteiger charge is -2.13. The first-order valence-electron chi connectivity index (χ1n) is 16.9. The van der Waals surface area contributed by atoms with Crippen LogP contribution in [0.2, 0.25) is 0 Å². The molecule has 5 nitrogen and oxygen atoms in total.